The van der Waals surface area contributed by atoms with Crippen molar-refractivity contribution in [3.05, 3.63) is 34.3 Å². The van der Waals surface area contributed by atoms with E-state index in [9.17, 15) is 0 Å². The molecule has 4 heteroatoms. The first kappa shape index (κ1) is 13.4. The molecule has 0 aliphatic rings. The highest BCUT2D eigenvalue weighted by atomic mass is 79.9. The Balaban J connectivity index is 0. The van der Waals surface area contributed by atoms with E-state index in [1.165, 1.54) is 0 Å². The fraction of sp³-hybridized carbons (Fsp3) is 0. The Morgan fingerprint density at radius 3 is 1.36 bits per heavy atom. The Hall–Kier alpha value is -0.230. The average molecular weight is 255 g/mol. The van der Waals surface area contributed by atoms with Crippen LogP contribution in [0, 0.1) is 11.3 Å². The lowest BCUT2D eigenvalue weighted by molar-refractivity contribution is 1.53. The van der Waals surface area contributed by atoms with E-state index in [1.54, 1.807) is 6.07 Å². The van der Waals surface area contributed by atoms with Crippen molar-refractivity contribution in [2.45, 2.75) is 0 Å². The molecule has 0 aromatic heterocycles. The van der Waals surface area contributed by atoms with Gasteiger partial charge in [0.2, 0.25) is 0 Å². The Morgan fingerprint density at radius 1 is 1.18 bits per heavy atom. The van der Waals surface area contributed by atoms with E-state index in [0.717, 1.165) is 0 Å². The predicted octanol–water partition coefficient (Wildman–Crippen LogP) is 3.91. The topological polar surface area (TPSA) is 23.8 Å². The van der Waals surface area contributed by atoms with Crippen molar-refractivity contribution >= 4 is 39.1 Å². The van der Waals surface area contributed by atoms with E-state index in [0.29, 0.717) is 14.5 Å². The maximum Gasteiger partial charge on any atom is 0.106 e. The first-order valence-electron chi connectivity index (χ1n) is 2.35. The number of hydrogen-bond acceptors (Lipinski definition) is 1. The molecule has 0 unspecified atom stereocenters. The molecule has 0 rings (SSSR count). The van der Waals surface area contributed by atoms with Gasteiger partial charge in [-0.15, -0.1) is 0 Å². The van der Waals surface area contributed by atoms with Crippen LogP contribution in [0.1, 0.15) is 0 Å². The minimum absolute atomic E-state index is 0.302. The Labute approximate surface area is 84.7 Å². The van der Waals surface area contributed by atoms with Crippen molar-refractivity contribution in [2.75, 3.05) is 0 Å². The molecule has 0 aliphatic carbocycles. The van der Waals surface area contributed by atoms with Crippen LogP contribution in [-0.2, 0) is 0 Å². The largest absolute Gasteiger partial charge is 0.192 e. The van der Waals surface area contributed by atoms with Crippen molar-refractivity contribution in [3.63, 3.8) is 0 Å². The van der Waals surface area contributed by atoms with Gasteiger partial charge in [-0.2, -0.15) is 5.26 Å². The monoisotopic (exact) mass is 253 g/mol. The number of allylic oxidation sites excluding steroid dienone is 3. The number of halogens is 3. The summed E-state index contributed by atoms with van der Waals surface area (Å²) < 4.78 is 0.373. The van der Waals surface area contributed by atoms with Crippen LogP contribution in [0.25, 0.3) is 0 Å². The summed E-state index contributed by atoms with van der Waals surface area (Å²) >= 11 is 13.2. The van der Waals surface area contributed by atoms with Gasteiger partial charge in [-0.05, 0) is 15.9 Å². The summed E-state index contributed by atoms with van der Waals surface area (Å²) in [7, 11) is 0. The summed E-state index contributed by atoms with van der Waals surface area (Å²) in [6.45, 7) is 9.81. The highest BCUT2D eigenvalue weighted by Crippen LogP contribution is 2.12. The minimum atomic E-state index is 0.302. The van der Waals surface area contributed by atoms with Gasteiger partial charge < -0.3 is 0 Å². The Morgan fingerprint density at radius 2 is 1.36 bits per heavy atom. The summed E-state index contributed by atoms with van der Waals surface area (Å²) in [5.74, 6) is 0. The van der Waals surface area contributed by atoms with Crippen molar-refractivity contribution < 1.29 is 0 Å². The number of nitriles is 1. The standard InChI is InChI=1S/C4H4Cl2.C3H2BrN/c1-3(5)4(2)6;1-3(4)2-5/h1-2H2;1H2. The van der Waals surface area contributed by atoms with Crippen LogP contribution >= 0.6 is 39.1 Å². The summed E-state index contributed by atoms with van der Waals surface area (Å²) in [5, 5.41) is 8.35. The fourth-order valence-corrected chi connectivity index (χ4v) is 0. The summed E-state index contributed by atoms with van der Waals surface area (Å²) in [5.41, 5.74) is 0. The molecule has 0 aromatic carbocycles. The molecular formula is C7H6BrCl2N. The van der Waals surface area contributed by atoms with Gasteiger partial charge >= 0.3 is 0 Å². The second-order valence-corrected chi connectivity index (χ2v) is 3.20. The number of hydrogen-bond donors (Lipinski definition) is 0. The van der Waals surface area contributed by atoms with Gasteiger partial charge in [-0.3, -0.25) is 0 Å². The number of nitrogens with zero attached hydrogens (tertiary/aromatic N) is 1. The quantitative estimate of drug-likeness (QED) is 0.514. The van der Waals surface area contributed by atoms with E-state index in [1.807, 2.05) is 0 Å². The Bertz CT molecular complexity index is 203. The molecular weight excluding hydrogens is 249 g/mol. The lowest BCUT2D eigenvalue weighted by Crippen LogP contribution is -1.57. The van der Waals surface area contributed by atoms with Crippen LogP contribution in [-0.4, -0.2) is 0 Å². The van der Waals surface area contributed by atoms with Crippen LogP contribution in [0.2, 0.25) is 0 Å². The number of rotatable bonds is 1. The lowest BCUT2D eigenvalue weighted by Gasteiger charge is -1.81. The smallest absolute Gasteiger partial charge is 0.106 e. The highest BCUT2D eigenvalue weighted by molar-refractivity contribution is 9.12. The molecule has 0 fully saturated rings. The van der Waals surface area contributed by atoms with Crippen LogP contribution < -0.4 is 0 Å². The summed E-state index contributed by atoms with van der Waals surface area (Å²) in [6, 6.07) is 1.75. The first-order valence-corrected chi connectivity index (χ1v) is 3.90. The van der Waals surface area contributed by atoms with Crippen LogP contribution in [0.3, 0.4) is 0 Å². The zero-order valence-electron chi connectivity index (χ0n) is 5.70. The van der Waals surface area contributed by atoms with Gasteiger partial charge in [0.25, 0.3) is 0 Å². The molecule has 0 saturated carbocycles. The van der Waals surface area contributed by atoms with E-state index in [-0.39, 0.29) is 0 Å². The second-order valence-electron chi connectivity index (χ2n) is 1.33. The van der Waals surface area contributed by atoms with Gasteiger partial charge in [0.1, 0.15) is 6.07 Å². The molecule has 0 spiro atoms. The van der Waals surface area contributed by atoms with Crippen LogP contribution in [0.5, 0.6) is 0 Å². The maximum atomic E-state index is 7.75. The fourth-order valence-electron chi connectivity index (χ4n) is 0. The van der Waals surface area contributed by atoms with Crippen molar-refractivity contribution in [2.24, 2.45) is 0 Å². The van der Waals surface area contributed by atoms with Gasteiger partial charge in [-0.1, -0.05) is 42.9 Å². The SMILES string of the molecule is C=C(Br)C#N.C=C(Cl)C(=C)Cl. The van der Waals surface area contributed by atoms with Crippen molar-refractivity contribution in [1.29, 1.82) is 5.26 Å². The average Bonchev–Trinajstić information content (AvgIpc) is 1.89. The molecule has 0 radical (unpaired) electrons. The second kappa shape index (κ2) is 7.87. The van der Waals surface area contributed by atoms with E-state index in [2.05, 4.69) is 35.7 Å². The third-order valence-corrected chi connectivity index (χ3v) is 1.15. The predicted molar refractivity (Wildman–Crippen MR) is 53.7 cm³/mol. The first-order chi connectivity index (χ1) is 4.91. The molecule has 0 heterocycles. The van der Waals surface area contributed by atoms with Gasteiger partial charge in [0, 0.05) is 0 Å². The molecule has 1 nitrogen and oxygen atoms in total. The molecule has 0 N–H and O–H groups in total. The zero-order valence-corrected chi connectivity index (χ0v) is 8.80. The molecule has 0 aromatic rings. The molecule has 60 valence electrons. The maximum absolute atomic E-state index is 7.75. The molecule has 0 amide bonds. The molecule has 0 saturated heterocycles. The van der Waals surface area contributed by atoms with Gasteiger partial charge in [0.15, 0.2) is 0 Å². The molecule has 0 bridgehead atoms. The molecule has 11 heavy (non-hydrogen) atoms. The molecule has 0 aliphatic heterocycles. The third kappa shape index (κ3) is 17.7. The zero-order chi connectivity index (χ0) is 9.44. The van der Waals surface area contributed by atoms with Gasteiger partial charge in [0.05, 0.1) is 14.5 Å². The normalized spacial score (nSPS) is 6.73. The highest BCUT2D eigenvalue weighted by Gasteiger charge is 1.84. The van der Waals surface area contributed by atoms with E-state index < -0.39 is 0 Å². The van der Waals surface area contributed by atoms with Crippen LogP contribution in [0.4, 0.5) is 0 Å². The van der Waals surface area contributed by atoms with Crippen molar-refractivity contribution in [3.8, 4) is 6.07 Å². The third-order valence-electron chi connectivity index (χ3n) is 0.416. The van der Waals surface area contributed by atoms with Crippen LogP contribution in [0.15, 0.2) is 34.3 Å². The van der Waals surface area contributed by atoms with E-state index >= 15 is 0 Å². The molecule has 0 atom stereocenters. The lowest BCUT2D eigenvalue weighted by atomic mass is 10.6. The minimum Gasteiger partial charge on any atom is -0.192 e. The van der Waals surface area contributed by atoms with Crippen molar-refractivity contribution in [1.82, 2.24) is 0 Å². The summed E-state index contributed by atoms with van der Waals surface area (Å²) in [4.78, 5) is 0. The van der Waals surface area contributed by atoms with Gasteiger partial charge in [-0.25, -0.2) is 0 Å². The summed E-state index contributed by atoms with van der Waals surface area (Å²) in [6.07, 6.45) is 0. The van der Waals surface area contributed by atoms with E-state index in [4.69, 9.17) is 28.5 Å². The Kier molecular flexibility index (Phi) is 9.57.